The Morgan fingerprint density at radius 2 is 2.07 bits per heavy atom. The van der Waals surface area contributed by atoms with Gasteiger partial charge in [-0.3, -0.25) is 4.79 Å². The lowest BCUT2D eigenvalue weighted by Gasteiger charge is -2.38. The Balaban J connectivity index is 1.94. The molecular formula is C21H26N4O3S. The van der Waals surface area contributed by atoms with Gasteiger partial charge in [-0.25, -0.2) is 4.68 Å². The van der Waals surface area contributed by atoms with Gasteiger partial charge in [0, 0.05) is 23.3 Å². The Bertz CT molecular complexity index is 996. The fourth-order valence-electron chi connectivity index (χ4n) is 4.12. The lowest BCUT2D eigenvalue weighted by atomic mass is 9.73. The lowest BCUT2D eigenvalue weighted by Crippen LogP contribution is -2.36. The number of benzene rings is 1. The van der Waals surface area contributed by atoms with Crippen LogP contribution in [0.25, 0.3) is 0 Å². The summed E-state index contributed by atoms with van der Waals surface area (Å²) in [5.41, 5.74) is 2.40. The number of nitrogens with one attached hydrogen (secondary N) is 1. The van der Waals surface area contributed by atoms with E-state index in [0.29, 0.717) is 29.0 Å². The number of allylic oxidation sites excluding steroid dienone is 2. The van der Waals surface area contributed by atoms with E-state index < -0.39 is 6.04 Å². The first-order valence-electron chi connectivity index (χ1n) is 9.71. The maximum atomic E-state index is 13.3. The molecule has 1 aliphatic heterocycles. The first-order valence-corrected chi connectivity index (χ1v) is 10.7. The van der Waals surface area contributed by atoms with Gasteiger partial charge in [0.05, 0.1) is 14.2 Å². The van der Waals surface area contributed by atoms with E-state index in [0.717, 1.165) is 29.0 Å². The Labute approximate surface area is 174 Å². The first kappa shape index (κ1) is 19.8. The highest BCUT2D eigenvalue weighted by Gasteiger charge is 2.42. The van der Waals surface area contributed by atoms with E-state index in [1.54, 1.807) is 26.0 Å². The number of methoxy groups -OCH3 is 2. The Morgan fingerprint density at radius 3 is 2.76 bits per heavy atom. The van der Waals surface area contributed by atoms with E-state index in [9.17, 15) is 4.79 Å². The van der Waals surface area contributed by atoms with Crippen LogP contribution in [0.3, 0.4) is 0 Å². The third-order valence-corrected chi connectivity index (χ3v) is 6.04. The molecule has 0 saturated heterocycles. The van der Waals surface area contributed by atoms with Crippen LogP contribution in [0, 0.1) is 5.41 Å². The Morgan fingerprint density at radius 1 is 1.28 bits per heavy atom. The topological polar surface area (TPSA) is 78.3 Å². The largest absolute Gasteiger partial charge is 0.497 e. The van der Waals surface area contributed by atoms with Crippen LogP contribution in [0.15, 0.2) is 34.6 Å². The molecule has 29 heavy (non-hydrogen) atoms. The highest BCUT2D eigenvalue weighted by atomic mass is 32.2. The van der Waals surface area contributed by atoms with Crippen molar-refractivity contribution in [1.82, 2.24) is 14.8 Å². The van der Waals surface area contributed by atoms with Gasteiger partial charge in [-0.2, -0.15) is 4.98 Å². The molecule has 1 N–H and O–H groups in total. The van der Waals surface area contributed by atoms with Gasteiger partial charge >= 0.3 is 0 Å². The number of Topliss-reactive ketones (excluding diaryl/α,β-unsaturated/α-hetero) is 1. The van der Waals surface area contributed by atoms with Crippen molar-refractivity contribution in [3.05, 3.63) is 35.0 Å². The molecule has 1 aromatic carbocycles. The predicted molar refractivity (Wildman–Crippen MR) is 113 cm³/mol. The quantitative estimate of drug-likeness (QED) is 0.739. The van der Waals surface area contributed by atoms with Crippen molar-refractivity contribution in [3.63, 3.8) is 0 Å². The fraction of sp³-hybridized carbons (Fsp3) is 0.476. The maximum absolute atomic E-state index is 13.3. The van der Waals surface area contributed by atoms with Gasteiger partial charge in [-0.15, -0.1) is 5.10 Å². The Hall–Kier alpha value is -2.48. The average molecular weight is 415 g/mol. The minimum absolute atomic E-state index is 0.102. The van der Waals surface area contributed by atoms with Gasteiger partial charge in [0.25, 0.3) is 0 Å². The van der Waals surface area contributed by atoms with Gasteiger partial charge in [0.1, 0.15) is 17.5 Å². The summed E-state index contributed by atoms with van der Waals surface area (Å²) >= 11 is 1.58. The summed E-state index contributed by atoms with van der Waals surface area (Å²) < 4.78 is 12.9. The number of hydrogen-bond acceptors (Lipinski definition) is 7. The van der Waals surface area contributed by atoms with Crippen LogP contribution in [0.5, 0.6) is 11.5 Å². The molecule has 1 aliphatic carbocycles. The number of fused-ring (bicyclic) bond motifs is 1. The zero-order valence-corrected chi connectivity index (χ0v) is 18.2. The molecule has 0 bridgehead atoms. The van der Waals surface area contributed by atoms with Crippen LogP contribution in [-0.2, 0) is 4.79 Å². The van der Waals surface area contributed by atoms with Crippen molar-refractivity contribution in [3.8, 4) is 11.5 Å². The lowest BCUT2D eigenvalue weighted by molar-refractivity contribution is -0.118. The van der Waals surface area contributed by atoms with Gasteiger partial charge in [0.15, 0.2) is 5.78 Å². The summed E-state index contributed by atoms with van der Waals surface area (Å²) in [4.78, 5) is 18.0. The normalized spacial score (nSPS) is 20.0. The van der Waals surface area contributed by atoms with Gasteiger partial charge < -0.3 is 14.8 Å². The van der Waals surface area contributed by atoms with Crippen molar-refractivity contribution < 1.29 is 14.3 Å². The highest BCUT2D eigenvalue weighted by Crippen LogP contribution is 2.47. The summed E-state index contributed by atoms with van der Waals surface area (Å²) in [5.74, 6) is 3.04. The standard InChI is InChI=1S/C21H26N4O3S/c1-6-29-20-23-19-22-14-10-21(2,3)11-15(26)17(14)18(25(19)24-20)13-9-12(27-4)7-8-16(13)28-5/h7-9,18H,6,10-11H2,1-5H3,(H,22,23,24)/t18-/m0/s1. The molecule has 2 heterocycles. The van der Waals surface area contributed by atoms with E-state index in [2.05, 4.69) is 31.1 Å². The molecule has 1 aromatic heterocycles. The molecule has 0 fully saturated rings. The molecule has 0 radical (unpaired) electrons. The molecule has 0 saturated carbocycles. The number of carbonyl (C=O) groups excluding carboxylic acids is 1. The second kappa shape index (κ2) is 7.40. The van der Waals surface area contributed by atoms with Gasteiger partial charge in [-0.05, 0) is 35.8 Å². The van der Waals surface area contributed by atoms with Crippen LogP contribution < -0.4 is 14.8 Å². The number of ether oxygens (including phenoxy) is 2. The van der Waals surface area contributed by atoms with E-state index in [-0.39, 0.29) is 11.2 Å². The number of carbonyl (C=O) groups is 1. The van der Waals surface area contributed by atoms with E-state index >= 15 is 0 Å². The summed E-state index contributed by atoms with van der Waals surface area (Å²) in [5, 5.41) is 8.79. The molecule has 4 rings (SSSR count). The highest BCUT2D eigenvalue weighted by molar-refractivity contribution is 7.99. The maximum Gasteiger partial charge on any atom is 0.227 e. The minimum Gasteiger partial charge on any atom is -0.497 e. The number of hydrogen-bond donors (Lipinski definition) is 1. The van der Waals surface area contributed by atoms with Crippen LogP contribution in [-0.4, -0.2) is 40.5 Å². The zero-order valence-electron chi connectivity index (χ0n) is 17.4. The molecule has 0 unspecified atom stereocenters. The second-order valence-electron chi connectivity index (χ2n) is 8.06. The molecule has 1 atom stereocenters. The predicted octanol–water partition coefficient (Wildman–Crippen LogP) is 4.07. The van der Waals surface area contributed by atoms with E-state index in [4.69, 9.17) is 14.6 Å². The van der Waals surface area contributed by atoms with Crippen molar-refractivity contribution in [2.45, 2.75) is 44.8 Å². The molecule has 154 valence electrons. The first-order chi connectivity index (χ1) is 13.9. The monoisotopic (exact) mass is 414 g/mol. The average Bonchev–Trinajstić information content (AvgIpc) is 3.07. The third kappa shape index (κ3) is 3.50. The van der Waals surface area contributed by atoms with Crippen molar-refractivity contribution in [2.75, 3.05) is 25.3 Å². The number of anilines is 1. The molecular weight excluding hydrogens is 388 g/mol. The van der Waals surface area contributed by atoms with Crippen molar-refractivity contribution >= 4 is 23.5 Å². The molecule has 0 spiro atoms. The van der Waals surface area contributed by atoms with E-state index in [1.807, 2.05) is 22.9 Å². The number of ketones is 1. The number of nitrogens with zero attached hydrogens (tertiary/aromatic N) is 3. The molecule has 0 amide bonds. The van der Waals surface area contributed by atoms with Crippen molar-refractivity contribution in [2.24, 2.45) is 5.41 Å². The number of aromatic nitrogens is 3. The number of rotatable bonds is 5. The summed E-state index contributed by atoms with van der Waals surface area (Å²) in [6.45, 7) is 6.31. The summed E-state index contributed by atoms with van der Waals surface area (Å²) in [6.07, 6.45) is 1.27. The van der Waals surface area contributed by atoms with Crippen LogP contribution >= 0.6 is 11.8 Å². The van der Waals surface area contributed by atoms with E-state index in [1.165, 1.54) is 0 Å². The van der Waals surface area contributed by atoms with Crippen molar-refractivity contribution in [1.29, 1.82) is 0 Å². The summed E-state index contributed by atoms with van der Waals surface area (Å²) in [6, 6.07) is 5.23. The minimum atomic E-state index is -0.409. The molecule has 7 nitrogen and oxygen atoms in total. The van der Waals surface area contributed by atoms with Gasteiger partial charge in [-0.1, -0.05) is 32.5 Å². The van der Waals surface area contributed by atoms with Crippen LogP contribution in [0.2, 0.25) is 0 Å². The second-order valence-corrected chi connectivity index (χ2v) is 9.30. The Kier molecular flexibility index (Phi) is 5.06. The van der Waals surface area contributed by atoms with Gasteiger partial charge in [0.2, 0.25) is 11.1 Å². The smallest absolute Gasteiger partial charge is 0.227 e. The van der Waals surface area contributed by atoms with Crippen LogP contribution in [0.4, 0.5) is 5.95 Å². The number of thioether (sulfide) groups is 1. The third-order valence-electron chi connectivity index (χ3n) is 5.32. The SMILES string of the molecule is CCSc1nc2n(n1)[C@@H](c1cc(OC)ccc1OC)C1=C(CC(C)(C)CC1=O)N2. The summed E-state index contributed by atoms with van der Waals surface area (Å²) in [7, 11) is 3.26. The fourth-order valence-corrected chi connectivity index (χ4v) is 4.68. The zero-order chi connectivity index (χ0) is 20.8. The van der Waals surface area contributed by atoms with Crippen LogP contribution in [0.1, 0.15) is 45.2 Å². The molecule has 8 heteroatoms. The molecule has 2 aliphatic rings. The molecule has 2 aromatic rings.